The van der Waals surface area contributed by atoms with Crippen molar-refractivity contribution >= 4 is 5.57 Å². The van der Waals surface area contributed by atoms with Gasteiger partial charge in [0, 0.05) is 38.2 Å². The quantitative estimate of drug-likeness (QED) is 0.716. The number of benzene rings is 1. The first-order valence-electron chi connectivity index (χ1n) is 9.34. The molecular weight excluding hydrogens is 322 g/mol. The van der Waals surface area contributed by atoms with Gasteiger partial charge in [0.15, 0.2) is 0 Å². The molecular formula is C22H25N3O. The van der Waals surface area contributed by atoms with Crippen LogP contribution in [0.25, 0.3) is 5.57 Å². The molecule has 134 valence electrons. The molecule has 0 saturated heterocycles. The van der Waals surface area contributed by atoms with Gasteiger partial charge in [-0.05, 0) is 54.5 Å². The summed E-state index contributed by atoms with van der Waals surface area (Å²) in [5, 5.41) is 0. The Morgan fingerprint density at radius 2 is 1.96 bits per heavy atom. The van der Waals surface area contributed by atoms with Gasteiger partial charge in [-0.25, -0.2) is 0 Å². The van der Waals surface area contributed by atoms with Gasteiger partial charge in [-0.15, -0.1) is 0 Å². The number of nitrogens with zero attached hydrogens (tertiary/aromatic N) is 3. The highest BCUT2D eigenvalue weighted by Gasteiger charge is 2.22. The van der Waals surface area contributed by atoms with Crippen molar-refractivity contribution in [2.24, 2.45) is 0 Å². The molecule has 0 fully saturated rings. The first-order valence-corrected chi connectivity index (χ1v) is 9.34. The molecule has 0 atom stereocenters. The van der Waals surface area contributed by atoms with Gasteiger partial charge < -0.3 is 4.74 Å². The van der Waals surface area contributed by atoms with Gasteiger partial charge in [-0.3, -0.25) is 14.9 Å². The van der Waals surface area contributed by atoms with Gasteiger partial charge in [0.1, 0.15) is 5.75 Å². The summed E-state index contributed by atoms with van der Waals surface area (Å²) >= 11 is 0. The molecule has 0 N–H and O–H groups in total. The van der Waals surface area contributed by atoms with Crippen LogP contribution in [0, 0.1) is 0 Å². The molecule has 1 aromatic heterocycles. The van der Waals surface area contributed by atoms with Crippen LogP contribution in [0.15, 0.2) is 54.5 Å². The number of ether oxygens (including phenoxy) is 1. The molecule has 1 aromatic carbocycles. The van der Waals surface area contributed by atoms with Crippen LogP contribution in [-0.4, -0.2) is 41.6 Å². The normalized spacial score (nSPS) is 16.3. The number of fused-ring (bicyclic) bond motifs is 1. The van der Waals surface area contributed by atoms with Gasteiger partial charge in [0.05, 0.1) is 12.8 Å². The van der Waals surface area contributed by atoms with Crippen LogP contribution in [0.2, 0.25) is 0 Å². The van der Waals surface area contributed by atoms with Crippen molar-refractivity contribution in [1.29, 1.82) is 0 Å². The summed E-state index contributed by atoms with van der Waals surface area (Å²) in [5.74, 6) is 0.946. The lowest BCUT2D eigenvalue weighted by Gasteiger charge is -2.16. The third kappa shape index (κ3) is 3.70. The summed E-state index contributed by atoms with van der Waals surface area (Å²) in [6, 6.07) is 6.50. The molecule has 0 radical (unpaired) electrons. The predicted octanol–water partition coefficient (Wildman–Crippen LogP) is 3.69. The zero-order valence-electron chi connectivity index (χ0n) is 15.3. The molecule has 4 nitrogen and oxygen atoms in total. The molecule has 1 aliphatic carbocycles. The molecule has 0 bridgehead atoms. The van der Waals surface area contributed by atoms with E-state index in [2.05, 4.69) is 45.2 Å². The molecule has 0 spiro atoms. The van der Waals surface area contributed by atoms with E-state index in [4.69, 9.17) is 4.74 Å². The van der Waals surface area contributed by atoms with Crippen molar-refractivity contribution in [2.75, 3.05) is 26.7 Å². The maximum Gasteiger partial charge on any atom is 0.119 e. The van der Waals surface area contributed by atoms with Gasteiger partial charge in [0.25, 0.3) is 0 Å². The molecule has 2 aromatic rings. The fraction of sp³-hybridized carbons (Fsp3) is 0.364. The SMILES string of the molecule is COc1ccc2c(c1)CC(CCN1CC=CC1)=C2CCc1cnccn1. The van der Waals surface area contributed by atoms with Gasteiger partial charge in [-0.2, -0.15) is 0 Å². The lowest BCUT2D eigenvalue weighted by molar-refractivity contribution is 0.356. The van der Waals surface area contributed by atoms with E-state index in [-0.39, 0.29) is 0 Å². The third-order valence-corrected chi connectivity index (χ3v) is 5.34. The number of aryl methyl sites for hydroxylation is 1. The Morgan fingerprint density at radius 1 is 1.08 bits per heavy atom. The van der Waals surface area contributed by atoms with Crippen LogP contribution in [0.3, 0.4) is 0 Å². The van der Waals surface area contributed by atoms with Crippen LogP contribution in [-0.2, 0) is 12.8 Å². The topological polar surface area (TPSA) is 38.2 Å². The Hall–Kier alpha value is -2.46. The molecule has 4 rings (SSSR count). The summed E-state index contributed by atoms with van der Waals surface area (Å²) in [4.78, 5) is 11.1. The molecule has 1 aliphatic heterocycles. The summed E-state index contributed by atoms with van der Waals surface area (Å²) in [6.07, 6.45) is 14.0. The van der Waals surface area contributed by atoms with Crippen molar-refractivity contribution < 1.29 is 4.74 Å². The second kappa shape index (κ2) is 7.83. The zero-order chi connectivity index (χ0) is 17.8. The second-order valence-corrected chi connectivity index (χ2v) is 6.96. The number of methoxy groups -OCH3 is 1. The van der Waals surface area contributed by atoms with E-state index in [1.807, 2.05) is 6.20 Å². The van der Waals surface area contributed by atoms with Gasteiger partial charge >= 0.3 is 0 Å². The Kier molecular flexibility index (Phi) is 5.12. The number of aromatic nitrogens is 2. The number of hydrogen-bond donors (Lipinski definition) is 0. The van der Waals surface area contributed by atoms with Crippen molar-refractivity contribution in [3.8, 4) is 5.75 Å². The fourth-order valence-corrected chi connectivity index (χ4v) is 3.93. The van der Waals surface area contributed by atoms with Crippen molar-refractivity contribution in [2.45, 2.75) is 25.7 Å². The maximum absolute atomic E-state index is 5.43. The minimum Gasteiger partial charge on any atom is -0.497 e. The van der Waals surface area contributed by atoms with Crippen molar-refractivity contribution in [3.63, 3.8) is 0 Å². The van der Waals surface area contributed by atoms with E-state index in [0.29, 0.717) is 0 Å². The number of allylic oxidation sites excluding steroid dienone is 1. The highest BCUT2D eigenvalue weighted by molar-refractivity contribution is 5.77. The highest BCUT2D eigenvalue weighted by atomic mass is 16.5. The molecule has 0 amide bonds. The largest absolute Gasteiger partial charge is 0.497 e. The zero-order valence-corrected chi connectivity index (χ0v) is 15.3. The van der Waals surface area contributed by atoms with E-state index < -0.39 is 0 Å². The average molecular weight is 347 g/mol. The van der Waals surface area contributed by atoms with Crippen molar-refractivity contribution in [3.05, 3.63) is 71.3 Å². The van der Waals surface area contributed by atoms with Crippen LogP contribution in [0.1, 0.15) is 29.7 Å². The Bertz CT molecular complexity index is 819. The fourth-order valence-electron chi connectivity index (χ4n) is 3.93. The van der Waals surface area contributed by atoms with Crippen LogP contribution < -0.4 is 4.74 Å². The molecule has 4 heteroatoms. The van der Waals surface area contributed by atoms with E-state index in [0.717, 1.165) is 56.8 Å². The number of hydrogen-bond acceptors (Lipinski definition) is 4. The Balaban J connectivity index is 1.53. The summed E-state index contributed by atoms with van der Waals surface area (Å²) < 4.78 is 5.43. The van der Waals surface area contributed by atoms with Gasteiger partial charge in [-0.1, -0.05) is 23.8 Å². The van der Waals surface area contributed by atoms with Crippen LogP contribution in [0.4, 0.5) is 0 Å². The minimum absolute atomic E-state index is 0.934. The number of rotatable bonds is 7. The van der Waals surface area contributed by atoms with E-state index >= 15 is 0 Å². The smallest absolute Gasteiger partial charge is 0.119 e. The lowest BCUT2D eigenvalue weighted by Crippen LogP contribution is -2.21. The van der Waals surface area contributed by atoms with E-state index in [1.165, 1.54) is 16.7 Å². The maximum atomic E-state index is 5.43. The van der Waals surface area contributed by atoms with E-state index in [9.17, 15) is 0 Å². The first kappa shape index (κ1) is 17.0. The van der Waals surface area contributed by atoms with Crippen LogP contribution >= 0.6 is 0 Å². The minimum atomic E-state index is 0.934. The molecule has 2 heterocycles. The highest BCUT2D eigenvalue weighted by Crippen LogP contribution is 2.39. The monoisotopic (exact) mass is 347 g/mol. The summed E-state index contributed by atoms with van der Waals surface area (Å²) in [5.41, 5.74) is 6.92. The summed E-state index contributed by atoms with van der Waals surface area (Å²) in [7, 11) is 1.74. The lowest BCUT2D eigenvalue weighted by atomic mass is 9.98. The molecule has 26 heavy (non-hydrogen) atoms. The first-order chi connectivity index (χ1) is 12.8. The average Bonchev–Trinajstić information content (AvgIpc) is 3.32. The predicted molar refractivity (Wildman–Crippen MR) is 104 cm³/mol. The Morgan fingerprint density at radius 3 is 2.73 bits per heavy atom. The second-order valence-electron chi connectivity index (χ2n) is 6.96. The Labute approximate surface area is 155 Å². The third-order valence-electron chi connectivity index (χ3n) is 5.34. The molecule has 0 unspecified atom stereocenters. The van der Waals surface area contributed by atoms with Gasteiger partial charge in [0.2, 0.25) is 0 Å². The molecule has 0 saturated carbocycles. The van der Waals surface area contributed by atoms with E-state index in [1.54, 1.807) is 25.1 Å². The van der Waals surface area contributed by atoms with Crippen LogP contribution in [0.5, 0.6) is 5.75 Å². The standard InChI is InChI=1S/C22H25N3O/c1-26-20-5-7-22-18(15-20)14-17(8-13-25-11-2-3-12-25)21(22)6-4-19-16-23-9-10-24-19/h2-3,5,7,9-10,15-16H,4,6,8,11-14H2,1H3. The van der Waals surface area contributed by atoms with Crippen molar-refractivity contribution in [1.82, 2.24) is 14.9 Å². The molecule has 2 aliphatic rings. The summed E-state index contributed by atoms with van der Waals surface area (Å²) in [6.45, 7) is 3.30.